The van der Waals surface area contributed by atoms with E-state index in [1.165, 1.54) is 25.7 Å². The minimum atomic E-state index is 0.900. The predicted octanol–water partition coefficient (Wildman–Crippen LogP) is 3.70. The average Bonchev–Trinajstić information content (AvgIpc) is 2.05. The molecule has 2 aliphatic carbocycles. The topological polar surface area (TPSA) is 0 Å². The first kappa shape index (κ1) is 8.10. The maximum Gasteiger partial charge on any atom is -0.0159 e. The van der Waals surface area contributed by atoms with E-state index in [1.54, 1.807) is 11.1 Å². The first-order chi connectivity index (χ1) is 5.75. The van der Waals surface area contributed by atoms with Gasteiger partial charge >= 0.3 is 0 Å². The van der Waals surface area contributed by atoms with E-state index >= 15 is 0 Å². The van der Waals surface area contributed by atoms with Crippen LogP contribution in [0.1, 0.15) is 39.5 Å². The van der Waals surface area contributed by atoms with Crippen LogP contribution in [0.2, 0.25) is 0 Å². The van der Waals surface area contributed by atoms with Crippen molar-refractivity contribution in [2.75, 3.05) is 0 Å². The van der Waals surface area contributed by atoms with E-state index in [9.17, 15) is 0 Å². The molecule has 0 aromatic carbocycles. The molecule has 0 aliphatic heterocycles. The van der Waals surface area contributed by atoms with Gasteiger partial charge in [0.05, 0.1) is 0 Å². The van der Waals surface area contributed by atoms with Crippen molar-refractivity contribution >= 4 is 0 Å². The Morgan fingerprint density at radius 1 is 1.42 bits per heavy atom. The van der Waals surface area contributed by atoms with E-state index < -0.39 is 0 Å². The van der Waals surface area contributed by atoms with Crippen molar-refractivity contribution in [2.45, 2.75) is 39.5 Å². The van der Waals surface area contributed by atoms with E-state index in [4.69, 9.17) is 0 Å². The van der Waals surface area contributed by atoms with Gasteiger partial charge in [-0.1, -0.05) is 24.6 Å². The number of fused-ring (bicyclic) bond motifs is 1. The van der Waals surface area contributed by atoms with Crippen LogP contribution in [0, 0.1) is 11.8 Å². The van der Waals surface area contributed by atoms with E-state index in [0.717, 1.165) is 11.8 Å². The molecule has 0 aromatic rings. The molecule has 12 heavy (non-hydrogen) atoms. The molecule has 0 bridgehead atoms. The van der Waals surface area contributed by atoms with Crippen molar-refractivity contribution in [1.29, 1.82) is 0 Å². The molecule has 0 radical (unpaired) electrons. The number of allylic oxidation sites excluding steroid dienone is 4. The smallest absolute Gasteiger partial charge is 0.0159 e. The van der Waals surface area contributed by atoms with Crippen LogP contribution in [0.5, 0.6) is 0 Å². The zero-order valence-electron chi connectivity index (χ0n) is 8.14. The highest BCUT2D eigenvalue weighted by atomic mass is 14.3. The van der Waals surface area contributed by atoms with Crippen LogP contribution in [0.3, 0.4) is 0 Å². The quantitative estimate of drug-likeness (QED) is 0.509. The maximum atomic E-state index is 2.46. The number of rotatable bonds is 0. The lowest BCUT2D eigenvalue weighted by Crippen LogP contribution is -2.16. The molecule has 0 heteroatoms. The van der Waals surface area contributed by atoms with Gasteiger partial charge in [0.25, 0.3) is 0 Å². The monoisotopic (exact) mass is 162 g/mol. The molecule has 0 fully saturated rings. The summed E-state index contributed by atoms with van der Waals surface area (Å²) in [5, 5.41) is 0. The van der Waals surface area contributed by atoms with Crippen molar-refractivity contribution < 1.29 is 0 Å². The zero-order chi connectivity index (χ0) is 8.55. The second kappa shape index (κ2) is 3.08. The third-order valence-electron chi connectivity index (χ3n) is 3.21. The van der Waals surface area contributed by atoms with Gasteiger partial charge in [0.2, 0.25) is 0 Å². The normalized spacial score (nSPS) is 35.2. The van der Waals surface area contributed by atoms with Crippen LogP contribution >= 0.6 is 0 Å². The first-order valence-electron chi connectivity index (χ1n) is 5.13. The van der Waals surface area contributed by atoms with Gasteiger partial charge in [-0.25, -0.2) is 0 Å². The number of hydrogen-bond acceptors (Lipinski definition) is 0. The molecule has 0 N–H and O–H groups in total. The molecular weight excluding hydrogens is 144 g/mol. The molecule has 2 atom stereocenters. The van der Waals surface area contributed by atoms with Gasteiger partial charge in [0.1, 0.15) is 0 Å². The predicted molar refractivity (Wildman–Crippen MR) is 53.0 cm³/mol. The highest BCUT2D eigenvalue weighted by molar-refractivity contribution is 5.30. The standard InChI is InChI=1S/C12H18/c1-9-3-5-12-8-10(2)4-6-11(12)7-9/h5,8-9,11H,3-4,6-7H2,1-2H3. The first-order valence-corrected chi connectivity index (χ1v) is 5.13. The summed E-state index contributed by atoms with van der Waals surface area (Å²) in [6.07, 6.45) is 10.3. The molecule has 2 rings (SSSR count). The van der Waals surface area contributed by atoms with Gasteiger partial charge in [-0.2, -0.15) is 0 Å². The molecule has 2 aliphatic rings. The maximum absolute atomic E-state index is 2.46. The summed E-state index contributed by atoms with van der Waals surface area (Å²) in [5.41, 5.74) is 3.21. The van der Waals surface area contributed by atoms with Gasteiger partial charge in [-0.3, -0.25) is 0 Å². The van der Waals surface area contributed by atoms with Gasteiger partial charge in [-0.05, 0) is 50.0 Å². The van der Waals surface area contributed by atoms with Gasteiger partial charge in [-0.15, -0.1) is 0 Å². The highest BCUT2D eigenvalue weighted by Gasteiger charge is 2.22. The van der Waals surface area contributed by atoms with Crippen LogP contribution in [-0.4, -0.2) is 0 Å². The van der Waals surface area contributed by atoms with Gasteiger partial charge in [0.15, 0.2) is 0 Å². The van der Waals surface area contributed by atoms with E-state index in [0.29, 0.717) is 0 Å². The molecule has 0 heterocycles. The molecular formula is C12H18. The Hall–Kier alpha value is -0.520. The minimum absolute atomic E-state index is 0.900. The van der Waals surface area contributed by atoms with E-state index in [-0.39, 0.29) is 0 Å². The Morgan fingerprint density at radius 3 is 3.08 bits per heavy atom. The van der Waals surface area contributed by atoms with Crippen molar-refractivity contribution in [1.82, 2.24) is 0 Å². The Labute approximate surface area is 75.4 Å². The summed E-state index contributed by atoms with van der Waals surface area (Å²) in [7, 11) is 0. The summed E-state index contributed by atoms with van der Waals surface area (Å²) in [4.78, 5) is 0. The molecule has 0 amide bonds. The highest BCUT2D eigenvalue weighted by Crippen LogP contribution is 2.37. The van der Waals surface area contributed by atoms with Crippen molar-refractivity contribution in [3.8, 4) is 0 Å². The lowest BCUT2D eigenvalue weighted by molar-refractivity contribution is 0.388. The van der Waals surface area contributed by atoms with Gasteiger partial charge in [0, 0.05) is 0 Å². The molecule has 0 aromatic heterocycles. The zero-order valence-corrected chi connectivity index (χ0v) is 8.14. The Bertz CT molecular complexity index is 232. The Balaban J connectivity index is 2.21. The molecule has 2 unspecified atom stereocenters. The third kappa shape index (κ3) is 1.48. The van der Waals surface area contributed by atoms with Crippen LogP contribution in [0.15, 0.2) is 23.3 Å². The summed E-state index contributed by atoms with van der Waals surface area (Å²) in [6, 6.07) is 0. The van der Waals surface area contributed by atoms with Crippen LogP contribution in [0.25, 0.3) is 0 Å². The summed E-state index contributed by atoms with van der Waals surface area (Å²) < 4.78 is 0. The Kier molecular flexibility index (Phi) is 2.08. The van der Waals surface area contributed by atoms with Crippen LogP contribution < -0.4 is 0 Å². The third-order valence-corrected chi connectivity index (χ3v) is 3.21. The lowest BCUT2D eigenvalue weighted by Gasteiger charge is -2.30. The van der Waals surface area contributed by atoms with E-state index in [2.05, 4.69) is 26.0 Å². The number of hydrogen-bond donors (Lipinski definition) is 0. The lowest BCUT2D eigenvalue weighted by atomic mass is 9.76. The Morgan fingerprint density at radius 2 is 2.25 bits per heavy atom. The fourth-order valence-corrected chi connectivity index (χ4v) is 2.44. The molecule has 0 saturated carbocycles. The SMILES string of the molecule is CC1=CC2=CCC(C)CC2CC1. The second-order valence-electron chi connectivity index (χ2n) is 4.51. The van der Waals surface area contributed by atoms with E-state index in [1.807, 2.05) is 0 Å². The fourth-order valence-electron chi connectivity index (χ4n) is 2.44. The largest absolute Gasteiger partial charge is 0.0808 e. The van der Waals surface area contributed by atoms with Crippen molar-refractivity contribution in [3.05, 3.63) is 23.3 Å². The summed E-state index contributed by atoms with van der Waals surface area (Å²) in [5.74, 6) is 1.82. The molecule has 0 saturated heterocycles. The summed E-state index contributed by atoms with van der Waals surface area (Å²) >= 11 is 0. The van der Waals surface area contributed by atoms with Crippen LogP contribution in [-0.2, 0) is 0 Å². The average molecular weight is 162 g/mol. The molecule has 0 nitrogen and oxygen atoms in total. The van der Waals surface area contributed by atoms with Gasteiger partial charge < -0.3 is 0 Å². The van der Waals surface area contributed by atoms with Crippen molar-refractivity contribution in [3.63, 3.8) is 0 Å². The summed E-state index contributed by atoms with van der Waals surface area (Å²) in [6.45, 7) is 4.63. The van der Waals surface area contributed by atoms with Crippen LogP contribution in [0.4, 0.5) is 0 Å². The second-order valence-corrected chi connectivity index (χ2v) is 4.51. The minimum Gasteiger partial charge on any atom is -0.0808 e. The van der Waals surface area contributed by atoms with Crippen molar-refractivity contribution in [2.24, 2.45) is 11.8 Å². The fraction of sp³-hybridized carbons (Fsp3) is 0.667. The molecule has 0 spiro atoms. The molecule has 66 valence electrons.